The fourth-order valence-electron chi connectivity index (χ4n) is 6.77. The Kier molecular flexibility index (Phi) is 4.16. The summed E-state index contributed by atoms with van der Waals surface area (Å²) in [7, 11) is 0. The molecular weight excluding hydrogens is 328 g/mol. The highest BCUT2D eigenvalue weighted by molar-refractivity contribution is 5.93. The number of ether oxygens (including phenoxy) is 1. The molecule has 0 aromatic rings. The summed E-state index contributed by atoms with van der Waals surface area (Å²) in [6.07, 6.45) is 7.82. The van der Waals surface area contributed by atoms with Crippen LogP contribution in [0.3, 0.4) is 0 Å². The molecule has 3 fully saturated rings. The van der Waals surface area contributed by atoms with Crippen molar-refractivity contribution in [2.75, 3.05) is 0 Å². The zero-order valence-corrected chi connectivity index (χ0v) is 16.2. The summed E-state index contributed by atoms with van der Waals surface area (Å²) in [4.78, 5) is 37.1. The average Bonchev–Trinajstić information content (AvgIpc) is 2.91. The summed E-state index contributed by atoms with van der Waals surface area (Å²) in [6, 6.07) is 0. The summed E-state index contributed by atoms with van der Waals surface area (Å²) in [6.45, 7) is 6.20. The van der Waals surface area contributed by atoms with Gasteiger partial charge in [0, 0.05) is 30.6 Å². The molecule has 0 heterocycles. The van der Waals surface area contributed by atoms with Crippen LogP contribution >= 0.6 is 0 Å². The molecule has 142 valence electrons. The van der Waals surface area contributed by atoms with Crippen LogP contribution in [0.1, 0.15) is 72.1 Å². The van der Waals surface area contributed by atoms with Gasteiger partial charge in [0.15, 0.2) is 5.78 Å². The van der Waals surface area contributed by atoms with E-state index in [2.05, 4.69) is 13.8 Å². The van der Waals surface area contributed by atoms with Crippen molar-refractivity contribution in [2.24, 2.45) is 28.6 Å². The van der Waals surface area contributed by atoms with Crippen molar-refractivity contribution in [3.05, 3.63) is 11.6 Å². The largest absolute Gasteiger partial charge is 0.462 e. The molecule has 3 saturated carbocycles. The Morgan fingerprint density at radius 3 is 2.69 bits per heavy atom. The maximum atomic E-state index is 13.4. The lowest BCUT2D eigenvalue weighted by atomic mass is 9.47. The van der Waals surface area contributed by atoms with Crippen molar-refractivity contribution in [1.29, 1.82) is 0 Å². The molecule has 0 aliphatic heterocycles. The Hall–Kier alpha value is -1.45. The third-order valence-corrected chi connectivity index (χ3v) is 8.12. The van der Waals surface area contributed by atoms with Gasteiger partial charge in [-0.3, -0.25) is 14.4 Å². The standard InChI is InChI=1S/C22H30O4/c1-4-19(25)26-18-8-7-16-15-6-5-13-11-14(23)9-10-21(13,2)20(15)17(24)12-22(16,18)3/h11,15-16,18,20H,4-10,12H2,1-3H3/t15-,16-,18-,20+,21-,22-/m0/s1. The third-order valence-electron chi connectivity index (χ3n) is 8.12. The van der Waals surface area contributed by atoms with Crippen molar-refractivity contribution in [3.63, 3.8) is 0 Å². The molecule has 0 aromatic carbocycles. The van der Waals surface area contributed by atoms with Gasteiger partial charge in [0.1, 0.15) is 11.9 Å². The van der Waals surface area contributed by atoms with Crippen LogP contribution in [0.15, 0.2) is 11.6 Å². The van der Waals surface area contributed by atoms with Crippen LogP contribution in [-0.2, 0) is 19.1 Å². The first-order valence-corrected chi connectivity index (χ1v) is 10.3. The summed E-state index contributed by atoms with van der Waals surface area (Å²) in [5.74, 6) is 1.23. The predicted octanol–water partition coefficient (Wildman–Crippen LogP) is 4.02. The molecule has 6 atom stereocenters. The highest BCUT2D eigenvalue weighted by atomic mass is 16.5. The van der Waals surface area contributed by atoms with Gasteiger partial charge in [0.2, 0.25) is 0 Å². The highest BCUT2D eigenvalue weighted by Crippen LogP contribution is 2.64. The Morgan fingerprint density at radius 1 is 1.19 bits per heavy atom. The molecule has 0 N–H and O–H groups in total. The molecule has 0 bridgehead atoms. The van der Waals surface area contributed by atoms with Crippen molar-refractivity contribution < 1.29 is 19.1 Å². The number of hydrogen-bond donors (Lipinski definition) is 0. The van der Waals surface area contributed by atoms with Crippen LogP contribution in [0.5, 0.6) is 0 Å². The van der Waals surface area contributed by atoms with E-state index in [4.69, 9.17) is 4.74 Å². The molecule has 4 aliphatic carbocycles. The minimum Gasteiger partial charge on any atom is -0.462 e. The van der Waals surface area contributed by atoms with Gasteiger partial charge >= 0.3 is 5.97 Å². The molecule has 4 aliphatic rings. The number of carbonyl (C=O) groups is 3. The molecule has 4 rings (SSSR count). The van der Waals surface area contributed by atoms with Gasteiger partial charge in [-0.1, -0.05) is 26.3 Å². The van der Waals surface area contributed by atoms with E-state index >= 15 is 0 Å². The Morgan fingerprint density at radius 2 is 1.96 bits per heavy atom. The molecule has 4 heteroatoms. The second kappa shape index (κ2) is 6.03. The topological polar surface area (TPSA) is 60.4 Å². The number of rotatable bonds is 2. The molecule has 0 saturated heterocycles. The number of Topliss-reactive ketones (excluding diaryl/α,β-unsaturated/α-hetero) is 1. The van der Waals surface area contributed by atoms with E-state index in [0.29, 0.717) is 36.9 Å². The van der Waals surface area contributed by atoms with E-state index in [-0.39, 0.29) is 34.6 Å². The number of allylic oxidation sites excluding steroid dienone is 1. The second-order valence-corrected chi connectivity index (χ2v) is 9.40. The van der Waals surface area contributed by atoms with E-state index in [1.165, 1.54) is 5.57 Å². The number of carbonyl (C=O) groups excluding carboxylic acids is 3. The van der Waals surface area contributed by atoms with E-state index in [1.54, 1.807) is 0 Å². The number of esters is 1. The fraction of sp³-hybridized carbons (Fsp3) is 0.773. The number of hydrogen-bond acceptors (Lipinski definition) is 4. The lowest BCUT2D eigenvalue weighted by Crippen LogP contribution is -2.55. The van der Waals surface area contributed by atoms with E-state index < -0.39 is 0 Å². The molecule has 0 aromatic heterocycles. The Balaban J connectivity index is 1.66. The lowest BCUT2D eigenvalue weighted by molar-refractivity contribution is -0.164. The van der Waals surface area contributed by atoms with Crippen molar-refractivity contribution in [3.8, 4) is 0 Å². The van der Waals surface area contributed by atoms with E-state index in [9.17, 15) is 14.4 Å². The summed E-state index contributed by atoms with van der Waals surface area (Å²) >= 11 is 0. The predicted molar refractivity (Wildman–Crippen MR) is 97.3 cm³/mol. The zero-order valence-electron chi connectivity index (χ0n) is 16.2. The Bertz CT molecular complexity index is 692. The maximum absolute atomic E-state index is 13.4. The van der Waals surface area contributed by atoms with Crippen LogP contribution in [-0.4, -0.2) is 23.6 Å². The fourth-order valence-corrected chi connectivity index (χ4v) is 6.77. The molecule has 0 unspecified atom stereocenters. The van der Waals surface area contributed by atoms with Crippen LogP contribution in [0.4, 0.5) is 0 Å². The Labute approximate surface area is 155 Å². The number of fused-ring (bicyclic) bond motifs is 5. The highest BCUT2D eigenvalue weighted by Gasteiger charge is 2.63. The SMILES string of the molecule is CCC(=O)O[C@H]1CC[C@H]2[C@@H]3CCC4=CC(=O)CC[C@]4(C)[C@H]3C(=O)C[C@]12C. The molecular formula is C22H30O4. The van der Waals surface area contributed by atoms with E-state index in [0.717, 1.165) is 32.1 Å². The first-order chi connectivity index (χ1) is 12.3. The molecule has 0 amide bonds. The monoisotopic (exact) mass is 358 g/mol. The summed E-state index contributed by atoms with van der Waals surface area (Å²) < 4.78 is 5.76. The third kappa shape index (κ3) is 2.44. The van der Waals surface area contributed by atoms with Gasteiger partial charge < -0.3 is 4.74 Å². The second-order valence-electron chi connectivity index (χ2n) is 9.40. The first-order valence-electron chi connectivity index (χ1n) is 10.3. The van der Waals surface area contributed by atoms with Gasteiger partial charge in [-0.25, -0.2) is 0 Å². The first kappa shape index (κ1) is 17.9. The van der Waals surface area contributed by atoms with Gasteiger partial charge in [-0.15, -0.1) is 0 Å². The van der Waals surface area contributed by atoms with Crippen molar-refractivity contribution in [1.82, 2.24) is 0 Å². The smallest absolute Gasteiger partial charge is 0.305 e. The van der Waals surface area contributed by atoms with Gasteiger partial charge in [0.25, 0.3) is 0 Å². The van der Waals surface area contributed by atoms with Crippen LogP contribution in [0.2, 0.25) is 0 Å². The molecule has 26 heavy (non-hydrogen) atoms. The van der Waals surface area contributed by atoms with Crippen molar-refractivity contribution in [2.45, 2.75) is 78.2 Å². The van der Waals surface area contributed by atoms with Gasteiger partial charge in [-0.2, -0.15) is 0 Å². The minimum absolute atomic E-state index is 0.0364. The quantitative estimate of drug-likeness (QED) is 0.700. The number of ketones is 2. The van der Waals surface area contributed by atoms with Gasteiger partial charge in [-0.05, 0) is 55.4 Å². The molecule has 0 radical (unpaired) electrons. The van der Waals surface area contributed by atoms with Gasteiger partial charge in [0.05, 0.1) is 0 Å². The average molecular weight is 358 g/mol. The minimum atomic E-state index is -0.217. The van der Waals surface area contributed by atoms with Crippen LogP contribution in [0, 0.1) is 28.6 Å². The molecule has 0 spiro atoms. The summed E-state index contributed by atoms with van der Waals surface area (Å²) in [5.41, 5.74) is 0.845. The molecule has 4 nitrogen and oxygen atoms in total. The van der Waals surface area contributed by atoms with Crippen LogP contribution < -0.4 is 0 Å². The van der Waals surface area contributed by atoms with Crippen LogP contribution in [0.25, 0.3) is 0 Å². The lowest BCUT2D eigenvalue weighted by Gasteiger charge is -2.56. The van der Waals surface area contributed by atoms with E-state index in [1.807, 2.05) is 13.0 Å². The summed E-state index contributed by atoms with van der Waals surface area (Å²) in [5, 5.41) is 0. The maximum Gasteiger partial charge on any atom is 0.305 e. The zero-order chi connectivity index (χ0) is 18.7. The van der Waals surface area contributed by atoms with Crippen molar-refractivity contribution >= 4 is 17.5 Å². The normalized spacial score (nSPS) is 44.7.